The predicted molar refractivity (Wildman–Crippen MR) is 62.9 cm³/mol. The number of hydrogen-bond donors (Lipinski definition) is 4. The maximum absolute atomic E-state index is 11.0. The van der Waals surface area contributed by atoms with Crippen molar-refractivity contribution >= 4 is 23.3 Å². The van der Waals surface area contributed by atoms with Crippen LogP contribution >= 0.6 is 0 Å². The number of anilines is 1. The SMILES string of the molecule is COc1cc(C(=N)C(N)=O)c(NCC(=O)O)cn1. The zero-order valence-electron chi connectivity index (χ0n) is 9.56. The molecule has 0 bridgehead atoms. The van der Waals surface area contributed by atoms with Crippen molar-refractivity contribution in [1.82, 2.24) is 4.98 Å². The Hall–Kier alpha value is -2.64. The molecule has 1 heterocycles. The van der Waals surface area contributed by atoms with Gasteiger partial charge in [0.1, 0.15) is 12.3 Å². The van der Waals surface area contributed by atoms with Crippen LogP contribution in [0.5, 0.6) is 5.88 Å². The van der Waals surface area contributed by atoms with Crippen LogP contribution in [0, 0.1) is 5.41 Å². The summed E-state index contributed by atoms with van der Waals surface area (Å²) >= 11 is 0. The highest BCUT2D eigenvalue weighted by Crippen LogP contribution is 2.19. The fourth-order valence-corrected chi connectivity index (χ4v) is 1.20. The number of aromatic nitrogens is 1. The second kappa shape index (κ2) is 5.62. The highest BCUT2D eigenvalue weighted by atomic mass is 16.5. The minimum absolute atomic E-state index is 0.135. The number of nitrogens with zero attached hydrogens (tertiary/aromatic N) is 1. The normalized spacial score (nSPS) is 9.61. The number of hydrogen-bond acceptors (Lipinski definition) is 6. The van der Waals surface area contributed by atoms with E-state index in [0.717, 1.165) is 0 Å². The van der Waals surface area contributed by atoms with Crippen LogP contribution in [-0.4, -0.2) is 41.3 Å². The lowest BCUT2D eigenvalue weighted by Crippen LogP contribution is -2.25. The van der Waals surface area contributed by atoms with Gasteiger partial charge in [0, 0.05) is 11.6 Å². The summed E-state index contributed by atoms with van der Waals surface area (Å²) in [6.45, 7) is -0.368. The summed E-state index contributed by atoms with van der Waals surface area (Å²) in [7, 11) is 1.38. The number of carbonyl (C=O) groups is 2. The monoisotopic (exact) mass is 252 g/mol. The van der Waals surface area contributed by atoms with Gasteiger partial charge in [0.15, 0.2) is 0 Å². The first-order chi connectivity index (χ1) is 8.45. The molecule has 5 N–H and O–H groups in total. The lowest BCUT2D eigenvalue weighted by molar-refractivity contribution is -0.134. The van der Waals surface area contributed by atoms with Crippen molar-refractivity contribution in [2.24, 2.45) is 5.73 Å². The molecule has 1 rings (SSSR count). The van der Waals surface area contributed by atoms with Gasteiger partial charge in [-0.2, -0.15) is 0 Å². The molecule has 0 radical (unpaired) electrons. The van der Waals surface area contributed by atoms with E-state index in [1.54, 1.807) is 0 Å². The summed E-state index contributed by atoms with van der Waals surface area (Å²) < 4.78 is 4.86. The Morgan fingerprint density at radius 3 is 2.78 bits per heavy atom. The summed E-state index contributed by atoms with van der Waals surface area (Å²) in [6, 6.07) is 1.33. The lowest BCUT2D eigenvalue weighted by Gasteiger charge is -2.10. The second-order valence-corrected chi connectivity index (χ2v) is 3.26. The van der Waals surface area contributed by atoms with Crippen LogP contribution in [0.4, 0.5) is 5.69 Å². The molecule has 96 valence electrons. The Kier molecular flexibility index (Phi) is 4.19. The number of rotatable bonds is 6. The maximum atomic E-state index is 11.0. The Morgan fingerprint density at radius 1 is 1.61 bits per heavy atom. The van der Waals surface area contributed by atoms with Gasteiger partial charge < -0.3 is 20.9 Å². The van der Waals surface area contributed by atoms with Gasteiger partial charge in [-0.1, -0.05) is 0 Å². The minimum Gasteiger partial charge on any atom is -0.481 e. The number of nitrogens with two attached hydrogens (primary N) is 1. The van der Waals surface area contributed by atoms with E-state index >= 15 is 0 Å². The van der Waals surface area contributed by atoms with Crippen molar-refractivity contribution in [2.45, 2.75) is 0 Å². The number of primary amides is 1. The molecule has 0 saturated heterocycles. The summed E-state index contributed by atoms with van der Waals surface area (Å²) in [5, 5.41) is 18.6. The van der Waals surface area contributed by atoms with Gasteiger partial charge in [-0.05, 0) is 0 Å². The number of carbonyl (C=O) groups excluding carboxylic acids is 1. The van der Waals surface area contributed by atoms with Gasteiger partial charge in [-0.3, -0.25) is 15.0 Å². The third-order valence-electron chi connectivity index (χ3n) is 2.03. The Balaban J connectivity index is 3.11. The number of amides is 1. The van der Waals surface area contributed by atoms with E-state index in [4.69, 9.17) is 21.0 Å². The third kappa shape index (κ3) is 3.17. The Labute approximate surface area is 102 Å². The van der Waals surface area contributed by atoms with Crippen LogP contribution in [0.2, 0.25) is 0 Å². The molecule has 0 atom stereocenters. The Bertz CT molecular complexity index is 501. The Morgan fingerprint density at radius 2 is 2.28 bits per heavy atom. The molecule has 0 aliphatic rings. The summed E-state index contributed by atoms with van der Waals surface area (Å²) in [5.41, 5.74) is 4.92. The fraction of sp³-hybridized carbons (Fsp3) is 0.200. The van der Waals surface area contributed by atoms with Gasteiger partial charge >= 0.3 is 5.97 Å². The molecular formula is C10H12N4O4. The van der Waals surface area contributed by atoms with Crippen LogP contribution in [0.3, 0.4) is 0 Å². The van der Waals surface area contributed by atoms with Crippen LogP contribution < -0.4 is 15.8 Å². The summed E-state index contributed by atoms with van der Waals surface area (Å²) in [6.07, 6.45) is 1.27. The van der Waals surface area contributed by atoms with Gasteiger partial charge in [0.05, 0.1) is 19.0 Å². The van der Waals surface area contributed by atoms with E-state index < -0.39 is 17.6 Å². The molecule has 0 unspecified atom stereocenters. The van der Waals surface area contributed by atoms with E-state index in [9.17, 15) is 9.59 Å². The number of nitrogens with one attached hydrogen (secondary N) is 2. The molecule has 0 fully saturated rings. The number of methoxy groups -OCH3 is 1. The third-order valence-corrected chi connectivity index (χ3v) is 2.03. The van der Waals surface area contributed by atoms with Gasteiger partial charge in [-0.25, -0.2) is 4.98 Å². The fourth-order valence-electron chi connectivity index (χ4n) is 1.20. The van der Waals surface area contributed by atoms with E-state index in [1.165, 1.54) is 19.4 Å². The molecule has 0 aliphatic heterocycles. The van der Waals surface area contributed by atoms with Crippen LogP contribution in [0.25, 0.3) is 0 Å². The molecule has 0 aromatic carbocycles. The highest BCUT2D eigenvalue weighted by molar-refractivity contribution is 6.44. The highest BCUT2D eigenvalue weighted by Gasteiger charge is 2.15. The molecule has 1 aromatic heterocycles. The molecule has 0 spiro atoms. The topological polar surface area (TPSA) is 138 Å². The summed E-state index contributed by atoms with van der Waals surface area (Å²) in [5.74, 6) is -1.82. The van der Waals surface area contributed by atoms with Crippen LogP contribution in [0.1, 0.15) is 5.56 Å². The lowest BCUT2D eigenvalue weighted by atomic mass is 10.1. The maximum Gasteiger partial charge on any atom is 0.322 e. The molecule has 1 amide bonds. The standard InChI is InChI=1S/C10H12N4O4/c1-18-7-2-5(9(11)10(12)17)6(3-14-7)13-4-8(15)16/h2-3,11,13H,4H2,1H3,(H2,12,17)(H,15,16). The molecule has 0 aliphatic carbocycles. The number of ether oxygens (including phenoxy) is 1. The molecule has 0 saturated carbocycles. The van der Waals surface area contributed by atoms with Crippen molar-refractivity contribution in [3.05, 3.63) is 17.8 Å². The predicted octanol–water partition coefficient (Wildman–Crippen LogP) is -0.560. The second-order valence-electron chi connectivity index (χ2n) is 3.26. The summed E-state index contributed by atoms with van der Waals surface area (Å²) in [4.78, 5) is 25.3. The largest absolute Gasteiger partial charge is 0.481 e. The van der Waals surface area contributed by atoms with Crippen molar-refractivity contribution < 1.29 is 19.4 Å². The van der Waals surface area contributed by atoms with E-state index in [0.29, 0.717) is 0 Å². The quantitative estimate of drug-likeness (QED) is 0.500. The van der Waals surface area contributed by atoms with Crippen molar-refractivity contribution in [1.29, 1.82) is 5.41 Å². The van der Waals surface area contributed by atoms with E-state index in [-0.39, 0.29) is 23.7 Å². The number of aliphatic carboxylic acids is 1. The number of carboxylic acids is 1. The van der Waals surface area contributed by atoms with E-state index in [1.807, 2.05) is 0 Å². The molecule has 18 heavy (non-hydrogen) atoms. The molecule has 8 heteroatoms. The smallest absolute Gasteiger partial charge is 0.322 e. The molecule has 8 nitrogen and oxygen atoms in total. The van der Waals surface area contributed by atoms with E-state index in [2.05, 4.69) is 10.3 Å². The molecule has 1 aromatic rings. The van der Waals surface area contributed by atoms with Crippen molar-refractivity contribution in [3.8, 4) is 5.88 Å². The first kappa shape index (κ1) is 13.4. The van der Waals surface area contributed by atoms with Crippen LogP contribution in [-0.2, 0) is 9.59 Å². The zero-order valence-corrected chi connectivity index (χ0v) is 9.56. The minimum atomic E-state index is -1.08. The van der Waals surface area contributed by atoms with Gasteiger partial charge in [-0.15, -0.1) is 0 Å². The average molecular weight is 252 g/mol. The van der Waals surface area contributed by atoms with Gasteiger partial charge in [0.25, 0.3) is 5.91 Å². The average Bonchev–Trinajstić information content (AvgIpc) is 2.35. The molecular weight excluding hydrogens is 240 g/mol. The van der Waals surface area contributed by atoms with Crippen LogP contribution in [0.15, 0.2) is 12.3 Å². The number of pyridine rings is 1. The van der Waals surface area contributed by atoms with Gasteiger partial charge in [0.2, 0.25) is 5.88 Å². The first-order valence-electron chi connectivity index (χ1n) is 4.84. The van der Waals surface area contributed by atoms with Crippen molar-refractivity contribution in [2.75, 3.05) is 19.0 Å². The first-order valence-corrected chi connectivity index (χ1v) is 4.84. The van der Waals surface area contributed by atoms with Crippen molar-refractivity contribution in [3.63, 3.8) is 0 Å². The zero-order chi connectivity index (χ0) is 13.7. The number of carboxylic acid groups (broad SMARTS) is 1.